The number of aryl methyl sites for hydroxylation is 1. The van der Waals surface area contributed by atoms with E-state index in [4.69, 9.17) is 14.5 Å². The van der Waals surface area contributed by atoms with Crippen LogP contribution in [0.25, 0.3) is 11.6 Å². The van der Waals surface area contributed by atoms with Gasteiger partial charge in [-0.15, -0.1) is 0 Å². The van der Waals surface area contributed by atoms with Crippen LogP contribution in [0.1, 0.15) is 57.7 Å². The SMILES string of the molecule is C=C(/C(=N/C)C1=C(C)c2cc(C=C(C)C)c(OC)cc2CC1)N1CCOCC1(C)C. The Morgan fingerprint density at radius 3 is 2.60 bits per heavy atom. The first kappa shape index (κ1) is 22.4. The van der Waals surface area contributed by atoms with Crippen LogP contribution < -0.4 is 4.74 Å². The van der Waals surface area contributed by atoms with Crippen molar-refractivity contribution in [3.63, 3.8) is 0 Å². The summed E-state index contributed by atoms with van der Waals surface area (Å²) >= 11 is 0. The Morgan fingerprint density at radius 2 is 2.00 bits per heavy atom. The maximum absolute atomic E-state index is 5.71. The Hall–Kier alpha value is -2.33. The van der Waals surface area contributed by atoms with Crippen molar-refractivity contribution in [3.05, 3.63) is 52.2 Å². The van der Waals surface area contributed by atoms with Gasteiger partial charge in [0.05, 0.1) is 37.3 Å². The van der Waals surface area contributed by atoms with Gasteiger partial charge in [0.2, 0.25) is 0 Å². The molecule has 1 heterocycles. The van der Waals surface area contributed by atoms with E-state index in [0.717, 1.165) is 48.7 Å². The lowest BCUT2D eigenvalue weighted by atomic mass is 9.82. The summed E-state index contributed by atoms with van der Waals surface area (Å²) in [6, 6.07) is 4.47. The van der Waals surface area contributed by atoms with Crippen LogP contribution in [0.4, 0.5) is 0 Å². The second kappa shape index (κ2) is 8.81. The molecule has 0 saturated carbocycles. The molecule has 4 nitrogen and oxygen atoms in total. The number of rotatable bonds is 5. The molecule has 1 aliphatic carbocycles. The average molecular weight is 409 g/mol. The fourth-order valence-electron chi connectivity index (χ4n) is 4.63. The van der Waals surface area contributed by atoms with Crippen molar-refractivity contribution in [1.29, 1.82) is 0 Å². The molecule has 0 unspecified atom stereocenters. The smallest absolute Gasteiger partial charge is 0.126 e. The number of benzene rings is 1. The number of fused-ring (bicyclic) bond motifs is 1. The van der Waals surface area contributed by atoms with Crippen LogP contribution in [-0.2, 0) is 11.2 Å². The maximum Gasteiger partial charge on any atom is 0.126 e. The lowest BCUT2D eigenvalue weighted by Crippen LogP contribution is -2.53. The van der Waals surface area contributed by atoms with Gasteiger partial charge in [-0.2, -0.15) is 0 Å². The van der Waals surface area contributed by atoms with Crippen LogP contribution in [0.2, 0.25) is 0 Å². The monoisotopic (exact) mass is 408 g/mol. The molecule has 0 atom stereocenters. The molecular weight excluding hydrogens is 372 g/mol. The van der Waals surface area contributed by atoms with E-state index in [1.165, 1.54) is 27.8 Å². The minimum atomic E-state index is -0.0870. The van der Waals surface area contributed by atoms with Crippen molar-refractivity contribution in [2.45, 2.75) is 53.0 Å². The second-order valence-electron chi connectivity index (χ2n) is 9.11. The Morgan fingerprint density at radius 1 is 1.27 bits per heavy atom. The molecule has 1 fully saturated rings. The summed E-state index contributed by atoms with van der Waals surface area (Å²) in [6.07, 6.45) is 4.12. The molecule has 30 heavy (non-hydrogen) atoms. The number of ether oxygens (including phenoxy) is 2. The Kier molecular flexibility index (Phi) is 6.56. The molecule has 0 N–H and O–H groups in total. The standard InChI is InChI=1S/C26H36N2O2/c1-17(2)13-21-14-23-18(3)22(10-9-20(23)15-24(21)29-8)25(27-7)19(4)28-11-12-30-16-26(28,5)6/h13-15H,4,9-12,16H2,1-3,5-8H3/b27-25-. The Labute approximate surface area is 182 Å². The van der Waals surface area contributed by atoms with Gasteiger partial charge in [-0.1, -0.05) is 18.2 Å². The first-order chi connectivity index (χ1) is 14.2. The normalized spacial score (nSPS) is 18.8. The van der Waals surface area contributed by atoms with Crippen LogP contribution in [0.5, 0.6) is 5.75 Å². The fourth-order valence-corrected chi connectivity index (χ4v) is 4.63. The number of morpholine rings is 1. The van der Waals surface area contributed by atoms with Crippen LogP contribution in [0.15, 0.2) is 40.5 Å². The lowest BCUT2D eigenvalue weighted by molar-refractivity contribution is -0.0293. The third kappa shape index (κ3) is 4.24. The van der Waals surface area contributed by atoms with Crippen molar-refractivity contribution in [3.8, 4) is 5.75 Å². The molecule has 1 aromatic carbocycles. The van der Waals surface area contributed by atoms with Gasteiger partial charge in [-0.05, 0) is 81.9 Å². The molecule has 4 heteroatoms. The minimum Gasteiger partial charge on any atom is -0.496 e. The summed E-state index contributed by atoms with van der Waals surface area (Å²) in [5, 5.41) is 0. The lowest BCUT2D eigenvalue weighted by Gasteiger charge is -2.45. The van der Waals surface area contributed by atoms with Crippen molar-refractivity contribution in [1.82, 2.24) is 4.90 Å². The first-order valence-electron chi connectivity index (χ1n) is 10.8. The fraction of sp³-hybridized carbons (Fsp3) is 0.500. The van der Waals surface area contributed by atoms with Crippen molar-refractivity contribution in [2.24, 2.45) is 4.99 Å². The highest BCUT2D eigenvalue weighted by molar-refractivity contribution is 6.16. The summed E-state index contributed by atoms with van der Waals surface area (Å²) in [5.74, 6) is 0.940. The summed E-state index contributed by atoms with van der Waals surface area (Å²) in [4.78, 5) is 7.08. The van der Waals surface area contributed by atoms with Crippen LogP contribution in [0, 0.1) is 0 Å². The van der Waals surface area contributed by atoms with Crippen LogP contribution in [0.3, 0.4) is 0 Å². The molecule has 1 saturated heterocycles. The van der Waals surface area contributed by atoms with Gasteiger partial charge in [0, 0.05) is 19.2 Å². The predicted octanol–water partition coefficient (Wildman–Crippen LogP) is 5.53. The van der Waals surface area contributed by atoms with Gasteiger partial charge in [-0.3, -0.25) is 4.99 Å². The first-order valence-corrected chi connectivity index (χ1v) is 10.8. The van der Waals surface area contributed by atoms with Gasteiger partial charge in [0.25, 0.3) is 0 Å². The Bertz CT molecular complexity index is 931. The molecule has 0 amide bonds. The molecule has 2 aliphatic rings. The zero-order chi connectivity index (χ0) is 22.1. The van der Waals surface area contributed by atoms with E-state index in [1.54, 1.807) is 7.11 Å². The second-order valence-corrected chi connectivity index (χ2v) is 9.11. The van der Waals surface area contributed by atoms with E-state index < -0.39 is 0 Å². The molecule has 1 aromatic rings. The molecule has 0 spiro atoms. The van der Waals surface area contributed by atoms with Gasteiger partial charge in [0.1, 0.15) is 5.75 Å². The van der Waals surface area contributed by atoms with Crippen LogP contribution in [-0.4, -0.2) is 50.1 Å². The van der Waals surface area contributed by atoms with Gasteiger partial charge in [0.15, 0.2) is 0 Å². The van der Waals surface area contributed by atoms with E-state index in [9.17, 15) is 0 Å². The number of methoxy groups -OCH3 is 1. The highest BCUT2D eigenvalue weighted by Gasteiger charge is 2.34. The molecule has 162 valence electrons. The number of nitrogens with zero attached hydrogens (tertiary/aromatic N) is 2. The average Bonchev–Trinajstić information content (AvgIpc) is 2.69. The Balaban J connectivity index is 2.04. The topological polar surface area (TPSA) is 34.1 Å². The van der Waals surface area contributed by atoms with Crippen LogP contribution >= 0.6 is 0 Å². The number of hydrogen-bond acceptors (Lipinski definition) is 4. The highest BCUT2D eigenvalue weighted by atomic mass is 16.5. The third-order valence-corrected chi connectivity index (χ3v) is 6.15. The minimum absolute atomic E-state index is 0.0870. The van der Waals surface area contributed by atoms with Crippen molar-refractivity contribution >= 4 is 17.4 Å². The zero-order valence-electron chi connectivity index (χ0n) is 19.7. The highest BCUT2D eigenvalue weighted by Crippen LogP contribution is 2.38. The number of allylic oxidation sites excluding steroid dienone is 3. The van der Waals surface area contributed by atoms with E-state index in [0.29, 0.717) is 6.61 Å². The van der Waals surface area contributed by atoms with Gasteiger partial charge in [-0.25, -0.2) is 0 Å². The largest absolute Gasteiger partial charge is 0.496 e. The zero-order valence-corrected chi connectivity index (χ0v) is 19.7. The predicted molar refractivity (Wildman–Crippen MR) is 127 cm³/mol. The third-order valence-electron chi connectivity index (χ3n) is 6.15. The van der Waals surface area contributed by atoms with Gasteiger partial charge >= 0.3 is 0 Å². The molecule has 0 radical (unpaired) electrons. The van der Waals surface area contributed by atoms with E-state index in [-0.39, 0.29) is 5.54 Å². The quantitative estimate of drug-likeness (QED) is 0.601. The maximum atomic E-state index is 5.71. The number of aliphatic imine (C=N–C) groups is 1. The van der Waals surface area contributed by atoms with E-state index in [1.807, 2.05) is 7.05 Å². The van der Waals surface area contributed by atoms with Crippen molar-refractivity contribution in [2.75, 3.05) is 33.9 Å². The molecule has 1 aliphatic heterocycles. The summed E-state index contributed by atoms with van der Waals surface area (Å²) in [6.45, 7) is 17.6. The summed E-state index contributed by atoms with van der Waals surface area (Å²) in [5.41, 5.74) is 9.53. The van der Waals surface area contributed by atoms with Crippen molar-refractivity contribution < 1.29 is 9.47 Å². The molecular formula is C26H36N2O2. The van der Waals surface area contributed by atoms with E-state index in [2.05, 4.69) is 64.3 Å². The van der Waals surface area contributed by atoms with Gasteiger partial charge < -0.3 is 14.4 Å². The van der Waals surface area contributed by atoms with E-state index >= 15 is 0 Å². The molecule has 3 rings (SSSR count). The number of hydrogen-bond donors (Lipinski definition) is 0. The summed E-state index contributed by atoms with van der Waals surface area (Å²) in [7, 11) is 3.63. The summed E-state index contributed by atoms with van der Waals surface area (Å²) < 4.78 is 11.4. The molecule has 0 aromatic heterocycles. The molecule has 0 bridgehead atoms.